The van der Waals surface area contributed by atoms with Crippen molar-refractivity contribution in [2.45, 2.75) is 25.7 Å². The minimum Gasteiger partial charge on any atom is -0.507 e. The number of hydrogen-bond acceptors (Lipinski definition) is 5. The van der Waals surface area contributed by atoms with Gasteiger partial charge >= 0.3 is 0 Å². The van der Waals surface area contributed by atoms with E-state index in [9.17, 15) is 9.90 Å². The van der Waals surface area contributed by atoms with Gasteiger partial charge in [0.25, 0.3) is 5.91 Å². The predicted octanol–water partition coefficient (Wildman–Crippen LogP) is 6.30. The number of furan rings is 1. The molecule has 0 radical (unpaired) electrons. The second kappa shape index (κ2) is 7.61. The third kappa shape index (κ3) is 3.25. The summed E-state index contributed by atoms with van der Waals surface area (Å²) >= 11 is 13.6. The minimum absolute atomic E-state index is 0.0872. The number of nitrogens with one attached hydrogen (secondary N) is 1. The van der Waals surface area contributed by atoms with Gasteiger partial charge in [0.15, 0.2) is 0 Å². The van der Waals surface area contributed by atoms with E-state index >= 15 is 0 Å². The number of carbonyl (C=O) groups excluding carboxylic acids is 1. The number of benzene rings is 2. The molecule has 5 nitrogen and oxygen atoms in total. The van der Waals surface area contributed by atoms with E-state index in [2.05, 4.69) is 10.5 Å². The normalized spacial score (nSPS) is 13.9. The number of phenols is 1. The van der Waals surface area contributed by atoms with Gasteiger partial charge in [0.1, 0.15) is 22.0 Å². The van der Waals surface area contributed by atoms with Crippen LogP contribution in [0.15, 0.2) is 39.9 Å². The number of carbonyl (C=O) groups is 1. The first-order valence-electron chi connectivity index (χ1n) is 9.50. The largest absolute Gasteiger partial charge is 0.507 e. The molecule has 0 fully saturated rings. The van der Waals surface area contributed by atoms with Gasteiger partial charge in [0, 0.05) is 38.0 Å². The molecule has 30 heavy (non-hydrogen) atoms. The summed E-state index contributed by atoms with van der Waals surface area (Å²) in [6, 6.07) is 8.64. The van der Waals surface area contributed by atoms with Crippen molar-refractivity contribution in [3.63, 3.8) is 0 Å². The van der Waals surface area contributed by atoms with Crippen LogP contribution >= 0.6 is 34.5 Å². The Kier molecular flexibility index (Phi) is 4.93. The molecule has 5 rings (SSSR count). The fourth-order valence-corrected chi connectivity index (χ4v) is 5.58. The molecule has 2 aromatic carbocycles. The molecule has 2 aromatic heterocycles. The van der Waals surface area contributed by atoms with Crippen LogP contribution in [0.25, 0.3) is 21.1 Å². The number of nitrogens with zero attached hydrogens (tertiary/aromatic N) is 1. The van der Waals surface area contributed by atoms with Gasteiger partial charge in [-0.25, -0.2) is 5.43 Å². The van der Waals surface area contributed by atoms with Gasteiger partial charge < -0.3 is 9.52 Å². The fourth-order valence-electron chi connectivity index (χ4n) is 3.89. The van der Waals surface area contributed by atoms with Gasteiger partial charge in [-0.2, -0.15) is 5.10 Å². The van der Waals surface area contributed by atoms with Gasteiger partial charge in [-0.15, -0.1) is 11.3 Å². The van der Waals surface area contributed by atoms with Crippen molar-refractivity contribution < 1.29 is 14.3 Å². The summed E-state index contributed by atoms with van der Waals surface area (Å²) in [5, 5.41) is 17.1. The maximum atomic E-state index is 12.6. The highest BCUT2D eigenvalue weighted by Crippen LogP contribution is 2.38. The van der Waals surface area contributed by atoms with E-state index in [4.69, 9.17) is 27.6 Å². The zero-order valence-corrected chi connectivity index (χ0v) is 18.0. The van der Waals surface area contributed by atoms with Crippen LogP contribution in [0.5, 0.6) is 5.75 Å². The van der Waals surface area contributed by atoms with Gasteiger partial charge in [0.05, 0.1) is 11.2 Å². The Balaban J connectivity index is 1.46. The number of hydrazone groups is 1. The second-order valence-electron chi connectivity index (χ2n) is 7.17. The van der Waals surface area contributed by atoms with Gasteiger partial charge in [0.2, 0.25) is 0 Å². The molecule has 0 spiro atoms. The molecule has 0 saturated heterocycles. The molecule has 0 bridgehead atoms. The standard InChI is InChI=1S/C22H16Cl2N2O3S/c23-11-5-6-13-18(9-11)30-21(20(13)24)22(28)26-25-10-14-15(27)7-8-17-19(14)12-3-1-2-4-16(12)29-17/h5-10,27H,1-4H2,(H,26,28)/b25-10+. The Hall–Kier alpha value is -2.54. The summed E-state index contributed by atoms with van der Waals surface area (Å²) in [6.07, 6.45) is 5.43. The van der Waals surface area contributed by atoms with Crippen LogP contribution in [0.4, 0.5) is 0 Å². The van der Waals surface area contributed by atoms with Crippen LogP contribution in [0, 0.1) is 0 Å². The smallest absolute Gasteiger partial charge is 0.283 e. The highest BCUT2D eigenvalue weighted by molar-refractivity contribution is 7.21. The lowest BCUT2D eigenvalue weighted by atomic mass is 9.94. The summed E-state index contributed by atoms with van der Waals surface area (Å²) in [4.78, 5) is 13.0. The summed E-state index contributed by atoms with van der Waals surface area (Å²) in [5.74, 6) is 0.634. The number of amides is 1. The van der Waals surface area contributed by atoms with Gasteiger partial charge in [-0.05, 0) is 43.5 Å². The molecule has 1 aliphatic carbocycles. The van der Waals surface area contributed by atoms with Crippen molar-refractivity contribution >= 4 is 67.7 Å². The molecule has 0 aliphatic heterocycles. The lowest BCUT2D eigenvalue weighted by molar-refractivity contribution is 0.0959. The van der Waals surface area contributed by atoms with Crippen molar-refractivity contribution in [2.24, 2.45) is 5.10 Å². The zero-order chi connectivity index (χ0) is 20.8. The molecule has 2 heterocycles. The van der Waals surface area contributed by atoms with E-state index in [1.807, 2.05) is 0 Å². The second-order valence-corrected chi connectivity index (χ2v) is 9.03. The Bertz CT molecular complexity index is 1340. The monoisotopic (exact) mass is 458 g/mol. The van der Waals surface area contributed by atoms with Crippen molar-refractivity contribution in [2.75, 3.05) is 0 Å². The topological polar surface area (TPSA) is 74.8 Å². The number of phenolic OH excluding ortho intramolecular Hbond substituents is 1. The number of thiophene rings is 1. The Labute approximate surface area is 185 Å². The summed E-state index contributed by atoms with van der Waals surface area (Å²) < 4.78 is 6.78. The van der Waals surface area contributed by atoms with E-state index in [0.29, 0.717) is 20.5 Å². The molecule has 4 aromatic rings. The minimum atomic E-state index is -0.422. The quantitative estimate of drug-likeness (QED) is 0.279. The highest BCUT2D eigenvalue weighted by atomic mass is 35.5. The molecule has 0 unspecified atom stereocenters. The van der Waals surface area contributed by atoms with Crippen molar-refractivity contribution in [3.05, 3.63) is 62.1 Å². The van der Waals surface area contributed by atoms with Gasteiger partial charge in [-0.1, -0.05) is 29.3 Å². The number of hydrogen-bond donors (Lipinski definition) is 2. The van der Waals surface area contributed by atoms with Crippen LogP contribution in [-0.2, 0) is 12.8 Å². The third-order valence-electron chi connectivity index (χ3n) is 5.29. The lowest BCUT2D eigenvalue weighted by Gasteiger charge is -2.09. The Morgan fingerprint density at radius 1 is 1.20 bits per heavy atom. The number of fused-ring (bicyclic) bond motifs is 4. The summed E-state index contributed by atoms with van der Waals surface area (Å²) in [6.45, 7) is 0. The average Bonchev–Trinajstić information content (AvgIpc) is 3.27. The van der Waals surface area contributed by atoms with E-state index < -0.39 is 5.91 Å². The number of aromatic hydroxyl groups is 1. The van der Waals surface area contributed by atoms with Crippen molar-refractivity contribution in [1.82, 2.24) is 5.43 Å². The first-order chi connectivity index (χ1) is 14.5. The molecule has 0 saturated carbocycles. The van der Waals surface area contributed by atoms with Crippen molar-refractivity contribution in [1.29, 1.82) is 0 Å². The number of halogens is 2. The first-order valence-corrected chi connectivity index (χ1v) is 11.1. The van der Waals surface area contributed by atoms with E-state index in [-0.39, 0.29) is 5.75 Å². The lowest BCUT2D eigenvalue weighted by Crippen LogP contribution is -2.16. The molecule has 152 valence electrons. The predicted molar refractivity (Wildman–Crippen MR) is 121 cm³/mol. The maximum Gasteiger partial charge on any atom is 0.283 e. The third-order valence-corrected chi connectivity index (χ3v) is 7.18. The van der Waals surface area contributed by atoms with Crippen LogP contribution in [-0.4, -0.2) is 17.2 Å². The molecular weight excluding hydrogens is 443 g/mol. The maximum absolute atomic E-state index is 12.6. The van der Waals surface area contributed by atoms with Gasteiger partial charge in [-0.3, -0.25) is 4.79 Å². The van der Waals surface area contributed by atoms with Crippen LogP contribution in [0.1, 0.15) is 39.4 Å². The fraction of sp³-hybridized carbons (Fsp3) is 0.182. The molecule has 2 N–H and O–H groups in total. The Morgan fingerprint density at radius 2 is 2.03 bits per heavy atom. The molecule has 8 heteroatoms. The Morgan fingerprint density at radius 3 is 2.90 bits per heavy atom. The van der Waals surface area contributed by atoms with Crippen LogP contribution in [0.3, 0.4) is 0 Å². The SMILES string of the molecule is O=C(N/N=C/c1c(O)ccc2oc3c(c12)CCCC3)c1sc2cc(Cl)ccc2c1Cl. The van der Waals surface area contributed by atoms with Crippen molar-refractivity contribution in [3.8, 4) is 5.75 Å². The van der Waals surface area contributed by atoms with E-state index in [1.165, 1.54) is 17.6 Å². The van der Waals surface area contributed by atoms with Crippen LogP contribution < -0.4 is 5.43 Å². The van der Waals surface area contributed by atoms with E-state index in [0.717, 1.165) is 58.1 Å². The molecule has 1 aliphatic rings. The molecule has 0 atom stereocenters. The van der Waals surface area contributed by atoms with Crippen LogP contribution in [0.2, 0.25) is 10.0 Å². The van der Waals surface area contributed by atoms with E-state index in [1.54, 1.807) is 30.3 Å². The number of rotatable bonds is 3. The summed E-state index contributed by atoms with van der Waals surface area (Å²) in [5.41, 5.74) is 4.88. The highest BCUT2D eigenvalue weighted by Gasteiger charge is 2.21. The molecule has 1 amide bonds. The zero-order valence-electron chi connectivity index (χ0n) is 15.7. The number of aryl methyl sites for hydroxylation is 2. The summed E-state index contributed by atoms with van der Waals surface area (Å²) in [7, 11) is 0. The first kappa shape index (κ1) is 19.4. The molecular formula is C22H16Cl2N2O3S. The average molecular weight is 459 g/mol.